The van der Waals surface area contributed by atoms with E-state index in [4.69, 9.17) is 9.26 Å². The molecule has 0 saturated carbocycles. The highest BCUT2D eigenvalue weighted by Gasteiger charge is 2.12. The molecule has 25 heavy (non-hydrogen) atoms. The summed E-state index contributed by atoms with van der Waals surface area (Å²) in [7, 11) is 0. The van der Waals surface area contributed by atoms with E-state index in [0.29, 0.717) is 17.9 Å². The second-order valence-electron chi connectivity index (χ2n) is 5.24. The first-order valence-corrected chi connectivity index (χ1v) is 7.42. The van der Waals surface area contributed by atoms with E-state index >= 15 is 0 Å². The molecular formula is C16H15N5O4. The predicted octanol–water partition coefficient (Wildman–Crippen LogP) is 1.42. The van der Waals surface area contributed by atoms with Crippen LogP contribution >= 0.6 is 0 Å². The molecule has 0 aliphatic heterocycles. The molecule has 128 valence electrons. The Balaban J connectivity index is 1.50. The quantitative estimate of drug-likeness (QED) is 0.675. The third-order valence-corrected chi connectivity index (χ3v) is 3.23. The molecule has 1 N–H and O–H groups in total. The summed E-state index contributed by atoms with van der Waals surface area (Å²) >= 11 is 0. The number of nitrogens with zero attached hydrogens (tertiary/aromatic N) is 4. The maximum absolute atomic E-state index is 12.0. The molecule has 0 fully saturated rings. The van der Waals surface area contributed by atoms with Gasteiger partial charge in [0.25, 0.3) is 5.91 Å². The monoisotopic (exact) mass is 341 g/mol. The SMILES string of the molecule is Cc1cc(NC(=O)COC(=O)c2ccc(Cn3cncn3)cc2)no1. The third kappa shape index (κ3) is 4.50. The van der Waals surface area contributed by atoms with E-state index < -0.39 is 18.5 Å². The fourth-order valence-electron chi connectivity index (χ4n) is 2.07. The molecule has 0 radical (unpaired) electrons. The standard InChI is InChI=1S/C16H15N5O4/c1-11-6-14(20-25-11)19-15(22)8-24-16(23)13-4-2-12(3-5-13)7-21-10-17-9-18-21/h2-6,9-10H,7-8H2,1H3,(H,19,20,22). The topological polar surface area (TPSA) is 112 Å². The Bertz CT molecular complexity index is 855. The van der Waals surface area contributed by atoms with Gasteiger partial charge in [0.2, 0.25) is 0 Å². The van der Waals surface area contributed by atoms with Gasteiger partial charge >= 0.3 is 5.97 Å². The number of ether oxygens (including phenoxy) is 1. The summed E-state index contributed by atoms with van der Waals surface area (Å²) in [5, 5.41) is 10.1. The van der Waals surface area contributed by atoms with Crippen LogP contribution in [0.15, 0.2) is 47.5 Å². The lowest BCUT2D eigenvalue weighted by Gasteiger charge is -2.06. The van der Waals surface area contributed by atoms with Crippen molar-refractivity contribution in [3.63, 3.8) is 0 Å². The Morgan fingerprint density at radius 2 is 2.08 bits per heavy atom. The minimum Gasteiger partial charge on any atom is -0.452 e. The molecule has 0 aliphatic carbocycles. The van der Waals surface area contributed by atoms with Crippen molar-refractivity contribution in [2.24, 2.45) is 0 Å². The van der Waals surface area contributed by atoms with Crippen LogP contribution in [0.2, 0.25) is 0 Å². The molecule has 0 atom stereocenters. The predicted molar refractivity (Wildman–Crippen MR) is 85.7 cm³/mol. The molecule has 9 heteroatoms. The lowest BCUT2D eigenvalue weighted by Crippen LogP contribution is -2.21. The average molecular weight is 341 g/mol. The lowest BCUT2D eigenvalue weighted by molar-refractivity contribution is -0.119. The zero-order valence-electron chi connectivity index (χ0n) is 13.4. The third-order valence-electron chi connectivity index (χ3n) is 3.23. The highest BCUT2D eigenvalue weighted by molar-refractivity contribution is 5.95. The van der Waals surface area contributed by atoms with E-state index in [2.05, 4.69) is 20.6 Å². The van der Waals surface area contributed by atoms with Crippen molar-refractivity contribution in [2.45, 2.75) is 13.5 Å². The number of carbonyl (C=O) groups is 2. The highest BCUT2D eigenvalue weighted by atomic mass is 16.5. The summed E-state index contributed by atoms with van der Waals surface area (Å²) < 4.78 is 11.5. The van der Waals surface area contributed by atoms with Gasteiger partial charge in [-0.15, -0.1) is 0 Å². The maximum atomic E-state index is 12.0. The van der Waals surface area contributed by atoms with E-state index in [9.17, 15) is 9.59 Å². The van der Waals surface area contributed by atoms with Crippen molar-refractivity contribution in [1.29, 1.82) is 0 Å². The minimum atomic E-state index is -0.584. The number of hydrogen-bond donors (Lipinski definition) is 1. The van der Waals surface area contributed by atoms with Crippen LogP contribution in [-0.2, 0) is 16.1 Å². The fraction of sp³-hybridized carbons (Fsp3) is 0.188. The Labute approximate surface area is 142 Å². The van der Waals surface area contributed by atoms with Gasteiger partial charge in [0.1, 0.15) is 18.4 Å². The van der Waals surface area contributed by atoms with Crippen LogP contribution in [0.25, 0.3) is 0 Å². The molecule has 0 unspecified atom stereocenters. The molecule has 2 aromatic heterocycles. The van der Waals surface area contributed by atoms with Gasteiger partial charge in [-0.05, 0) is 24.6 Å². The Hall–Kier alpha value is -3.49. The van der Waals surface area contributed by atoms with Crippen LogP contribution < -0.4 is 5.32 Å². The van der Waals surface area contributed by atoms with Crippen LogP contribution in [0.5, 0.6) is 0 Å². The van der Waals surface area contributed by atoms with Crippen LogP contribution in [0.3, 0.4) is 0 Å². The molecular weight excluding hydrogens is 326 g/mol. The van der Waals surface area contributed by atoms with Gasteiger partial charge in [-0.2, -0.15) is 5.10 Å². The first-order chi connectivity index (χ1) is 12.1. The van der Waals surface area contributed by atoms with Gasteiger partial charge in [-0.25, -0.2) is 14.5 Å². The van der Waals surface area contributed by atoms with E-state index in [1.165, 1.54) is 6.33 Å². The first-order valence-electron chi connectivity index (χ1n) is 7.42. The van der Waals surface area contributed by atoms with Crippen molar-refractivity contribution in [3.8, 4) is 0 Å². The lowest BCUT2D eigenvalue weighted by atomic mass is 10.1. The number of esters is 1. The second kappa shape index (κ2) is 7.39. The van der Waals surface area contributed by atoms with Gasteiger partial charge in [0.05, 0.1) is 12.1 Å². The normalized spacial score (nSPS) is 10.4. The highest BCUT2D eigenvalue weighted by Crippen LogP contribution is 2.09. The molecule has 2 heterocycles. The number of carbonyl (C=O) groups excluding carboxylic acids is 2. The first kappa shape index (κ1) is 16.4. The summed E-state index contributed by atoms with van der Waals surface area (Å²) in [6.45, 7) is 1.84. The van der Waals surface area contributed by atoms with E-state index in [0.717, 1.165) is 5.56 Å². The van der Waals surface area contributed by atoms with Gasteiger partial charge in [-0.1, -0.05) is 17.3 Å². The van der Waals surface area contributed by atoms with Crippen LogP contribution in [0.4, 0.5) is 5.82 Å². The maximum Gasteiger partial charge on any atom is 0.338 e. The zero-order chi connectivity index (χ0) is 17.6. The Kier molecular flexibility index (Phi) is 4.84. The number of hydrogen-bond acceptors (Lipinski definition) is 7. The molecule has 0 aliphatic rings. The molecule has 1 amide bonds. The number of anilines is 1. The molecule has 3 aromatic rings. The molecule has 9 nitrogen and oxygen atoms in total. The summed E-state index contributed by atoms with van der Waals surface area (Å²) in [4.78, 5) is 27.5. The zero-order valence-corrected chi connectivity index (χ0v) is 13.4. The number of amides is 1. The van der Waals surface area contributed by atoms with Crippen molar-refractivity contribution in [2.75, 3.05) is 11.9 Å². The van der Waals surface area contributed by atoms with Crippen molar-refractivity contribution in [1.82, 2.24) is 19.9 Å². The Morgan fingerprint density at radius 3 is 2.72 bits per heavy atom. The van der Waals surface area contributed by atoms with Gasteiger partial charge < -0.3 is 14.6 Å². The molecule has 0 bridgehead atoms. The number of benzene rings is 1. The smallest absolute Gasteiger partial charge is 0.338 e. The van der Waals surface area contributed by atoms with E-state index in [1.807, 2.05) is 0 Å². The summed E-state index contributed by atoms with van der Waals surface area (Å²) in [6, 6.07) is 8.40. The van der Waals surface area contributed by atoms with E-state index in [-0.39, 0.29) is 5.82 Å². The second-order valence-corrected chi connectivity index (χ2v) is 5.24. The van der Waals surface area contributed by atoms with Crippen LogP contribution in [0.1, 0.15) is 21.7 Å². The summed E-state index contributed by atoms with van der Waals surface area (Å²) in [5.74, 6) is -0.238. The van der Waals surface area contributed by atoms with Gasteiger partial charge in [0, 0.05) is 6.07 Å². The Morgan fingerprint density at radius 1 is 1.28 bits per heavy atom. The molecule has 1 aromatic carbocycles. The molecule has 3 rings (SSSR count). The average Bonchev–Trinajstić information content (AvgIpc) is 3.25. The number of nitrogens with one attached hydrogen (secondary N) is 1. The largest absolute Gasteiger partial charge is 0.452 e. The van der Waals surface area contributed by atoms with Gasteiger partial charge in [-0.3, -0.25) is 4.79 Å². The summed E-state index contributed by atoms with van der Waals surface area (Å²) in [5.41, 5.74) is 1.31. The number of aromatic nitrogens is 4. The fourth-order valence-corrected chi connectivity index (χ4v) is 2.07. The van der Waals surface area contributed by atoms with Crippen molar-refractivity contribution < 1.29 is 18.8 Å². The number of aryl methyl sites for hydroxylation is 1. The number of rotatable bonds is 6. The minimum absolute atomic E-state index is 0.274. The summed E-state index contributed by atoms with van der Waals surface area (Å²) in [6.07, 6.45) is 3.06. The molecule has 0 spiro atoms. The van der Waals surface area contributed by atoms with Crippen molar-refractivity contribution >= 4 is 17.7 Å². The van der Waals surface area contributed by atoms with Gasteiger partial charge in [0.15, 0.2) is 12.4 Å². The van der Waals surface area contributed by atoms with E-state index in [1.54, 1.807) is 48.3 Å². The van der Waals surface area contributed by atoms with Crippen LogP contribution in [-0.4, -0.2) is 38.4 Å². The molecule has 0 saturated heterocycles. The van der Waals surface area contributed by atoms with Crippen molar-refractivity contribution in [3.05, 3.63) is 59.9 Å². The van der Waals surface area contributed by atoms with Crippen LogP contribution in [0, 0.1) is 6.92 Å².